The van der Waals surface area contributed by atoms with E-state index in [4.69, 9.17) is 0 Å². The molecule has 0 aliphatic heterocycles. The van der Waals surface area contributed by atoms with Gasteiger partial charge in [-0.15, -0.1) is 0 Å². The van der Waals surface area contributed by atoms with Crippen LogP contribution in [-0.2, 0) is 22.7 Å². The van der Waals surface area contributed by atoms with Gasteiger partial charge in [-0.25, -0.2) is 0 Å². The summed E-state index contributed by atoms with van der Waals surface area (Å²) < 4.78 is 0. The molecule has 4 fully saturated rings. The largest absolute Gasteiger partial charge is 0.350 e. The van der Waals surface area contributed by atoms with Crippen molar-refractivity contribution in [3.05, 3.63) is 35.4 Å². The standard InChI is InChI=1S/C26H39N3O2/c1-17(2)23(24(30)27-15-21-7-5-6-8-22(21)16-29(3)4)28-25(31)26-12-18-9-19(13-26)11-20(10-18)14-26/h5-8,17-20,23H,9-16H2,1-4H3,(H,27,30)(H,28,31). The maximum atomic E-state index is 13.5. The molecule has 1 atom stereocenters. The van der Waals surface area contributed by atoms with Gasteiger partial charge in [-0.2, -0.15) is 0 Å². The highest BCUT2D eigenvalue weighted by Gasteiger charge is 2.55. The third-order valence-electron chi connectivity index (χ3n) is 7.81. The molecule has 4 saturated carbocycles. The second-order valence-corrected chi connectivity index (χ2v) is 11.1. The van der Waals surface area contributed by atoms with Crippen molar-refractivity contribution in [1.82, 2.24) is 15.5 Å². The molecule has 2 amide bonds. The Morgan fingerprint density at radius 2 is 1.55 bits per heavy atom. The maximum Gasteiger partial charge on any atom is 0.243 e. The van der Waals surface area contributed by atoms with Crippen molar-refractivity contribution >= 4 is 11.8 Å². The summed E-state index contributed by atoms with van der Waals surface area (Å²) in [4.78, 5) is 28.7. The summed E-state index contributed by atoms with van der Waals surface area (Å²) in [6.45, 7) is 5.36. The van der Waals surface area contributed by atoms with Gasteiger partial charge in [-0.3, -0.25) is 9.59 Å². The first-order valence-electron chi connectivity index (χ1n) is 12.1. The number of benzene rings is 1. The zero-order valence-electron chi connectivity index (χ0n) is 19.6. The number of amides is 2. The fourth-order valence-electron chi connectivity index (χ4n) is 6.74. The van der Waals surface area contributed by atoms with Crippen molar-refractivity contribution in [2.45, 2.75) is 71.5 Å². The lowest BCUT2D eigenvalue weighted by Gasteiger charge is -2.55. The fourth-order valence-corrected chi connectivity index (χ4v) is 6.74. The number of nitrogens with zero attached hydrogens (tertiary/aromatic N) is 1. The van der Waals surface area contributed by atoms with E-state index < -0.39 is 6.04 Å². The summed E-state index contributed by atoms with van der Waals surface area (Å²) in [5.41, 5.74) is 2.12. The minimum atomic E-state index is -0.485. The Labute approximate surface area is 187 Å². The van der Waals surface area contributed by atoms with Crippen molar-refractivity contribution in [2.24, 2.45) is 29.1 Å². The fraction of sp³-hybridized carbons (Fsp3) is 0.692. The lowest BCUT2D eigenvalue weighted by Crippen LogP contribution is -2.58. The lowest BCUT2D eigenvalue weighted by molar-refractivity contribution is -0.149. The zero-order chi connectivity index (χ0) is 22.2. The van der Waals surface area contributed by atoms with Crippen molar-refractivity contribution in [1.29, 1.82) is 0 Å². The van der Waals surface area contributed by atoms with Crippen molar-refractivity contribution in [3.8, 4) is 0 Å². The van der Waals surface area contributed by atoms with Crippen LogP contribution < -0.4 is 10.6 Å². The average Bonchev–Trinajstić information content (AvgIpc) is 2.69. The van der Waals surface area contributed by atoms with Crippen LogP contribution in [0.2, 0.25) is 0 Å². The molecule has 5 rings (SSSR count). The summed E-state index contributed by atoms with van der Waals surface area (Å²) in [5, 5.41) is 6.30. The normalized spacial score (nSPS) is 29.9. The first kappa shape index (κ1) is 22.3. The van der Waals surface area contributed by atoms with E-state index in [1.165, 1.54) is 24.8 Å². The van der Waals surface area contributed by atoms with Gasteiger partial charge in [0.15, 0.2) is 0 Å². The molecule has 0 spiro atoms. The van der Waals surface area contributed by atoms with Gasteiger partial charge in [-0.05, 0) is 87.4 Å². The van der Waals surface area contributed by atoms with Crippen LogP contribution in [0.4, 0.5) is 0 Å². The molecular formula is C26H39N3O2. The number of carbonyl (C=O) groups excluding carboxylic acids is 2. The van der Waals surface area contributed by atoms with E-state index in [-0.39, 0.29) is 23.1 Å². The van der Waals surface area contributed by atoms with Crippen LogP contribution in [0.1, 0.15) is 63.5 Å². The van der Waals surface area contributed by atoms with E-state index in [9.17, 15) is 9.59 Å². The number of hydrogen-bond donors (Lipinski definition) is 2. The summed E-state index contributed by atoms with van der Waals surface area (Å²) in [7, 11) is 4.09. The Hall–Kier alpha value is -1.88. The van der Waals surface area contributed by atoms with Crippen molar-refractivity contribution in [2.75, 3.05) is 14.1 Å². The Morgan fingerprint density at radius 3 is 2.06 bits per heavy atom. The summed E-state index contributed by atoms with van der Waals surface area (Å²) in [5.74, 6) is 2.26. The molecular weight excluding hydrogens is 386 g/mol. The molecule has 4 aliphatic carbocycles. The van der Waals surface area contributed by atoms with Gasteiger partial charge in [0, 0.05) is 18.5 Å². The van der Waals surface area contributed by atoms with E-state index in [0.717, 1.165) is 49.1 Å². The summed E-state index contributed by atoms with van der Waals surface area (Å²) in [6, 6.07) is 7.73. The highest BCUT2D eigenvalue weighted by atomic mass is 16.2. The van der Waals surface area contributed by atoms with E-state index in [1.807, 2.05) is 40.1 Å². The molecule has 4 aliphatic rings. The van der Waals surface area contributed by atoms with Crippen LogP contribution >= 0.6 is 0 Å². The zero-order valence-corrected chi connectivity index (χ0v) is 19.6. The van der Waals surface area contributed by atoms with Gasteiger partial charge in [0.2, 0.25) is 11.8 Å². The van der Waals surface area contributed by atoms with Crippen molar-refractivity contribution < 1.29 is 9.59 Å². The quantitative estimate of drug-likeness (QED) is 0.667. The molecule has 5 heteroatoms. The van der Waals surface area contributed by atoms with Gasteiger partial charge in [-0.1, -0.05) is 38.1 Å². The predicted octanol–water partition coefficient (Wildman–Crippen LogP) is 3.72. The minimum Gasteiger partial charge on any atom is -0.350 e. The van der Waals surface area contributed by atoms with E-state index in [1.54, 1.807) is 0 Å². The van der Waals surface area contributed by atoms with Gasteiger partial charge in [0.25, 0.3) is 0 Å². The number of nitrogens with one attached hydrogen (secondary N) is 2. The van der Waals surface area contributed by atoms with E-state index in [2.05, 4.69) is 27.7 Å². The first-order valence-corrected chi connectivity index (χ1v) is 12.1. The van der Waals surface area contributed by atoms with E-state index in [0.29, 0.717) is 6.54 Å². The first-order chi connectivity index (χ1) is 14.8. The average molecular weight is 426 g/mol. The molecule has 1 unspecified atom stereocenters. The van der Waals surface area contributed by atoms with Crippen molar-refractivity contribution in [3.63, 3.8) is 0 Å². The van der Waals surface area contributed by atoms with Crippen LogP contribution in [0.25, 0.3) is 0 Å². The highest BCUT2D eigenvalue weighted by molar-refractivity contribution is 5.90. The highest BCUT2D eigenvalue weighted by Crippen LogP contribution is 2.60. The van der Waals surface area contributed by atoms with Gasteiger partial charge < -0.3 is 15.5 Å². The monoisotopic (exact) mass is 425 g/mol. The van der Waals surface area contributed by atoms with Crippen LogP contribution in [0, 0.1) is 29.1 Å². The Morgan fingerprint density at radius 1 is 1.00 bits per heavy atom. The molecule has 0 aromatic heterocycles. The smallest absolute Gasteiger partial charge is 0.243 e. The molecule has 0 saturated heterocycles. The molecule has 2 N–H and O–H groups in total. The van der Waals surface area contributed by atoms with Crippen LogP contribution in [-0.4, -0.2) is 36.9 Å². The summed E-state index contributed by atoms with van der Waals surface area (Å²) in [6.07, 6.45) is 7.01. The molecule has 5 nitrogen and oxygen atoms in total. The van der Waals surface area contributed by atoms with Crippen LogP contribution in [0.3, 0.4) is 0 Å². The molecule has 1 aromatic carbocycles. The van der Waals surface area contributed by atoms with Gasteiger partial charge in [0.1, 0.15) is 6.04 Å². The number of rotatable bonds is 8. The van der Waals surface area contributed by atoms with Gasteiger partial charge in [0.05, 0.1) is 0 Å². The molecule has 170 valence electrons. The lowest BCUT2D eigenvalue weighted by atomic mass is 9.49. The van der Waals surface area contributed by atoms with E-state index >= 15 is 0 Å². The maximum absolute atomic E-state index is 13.5. The van der Waals surface area contributed by atoms with Crippen LogP contribution in [0.5, 0.6) is 0 Å². The third-order valence-corrected chi connectivity index (χ3v) is 7.81. The number of carbonyl (C=O) groups is 2. The molecule has 0 radical (unpaired) electrons. The second-order valence-electron chi connectivity index (χ2n) is 11.1. The predicted molar refractivity (Wildman–Crippen MR) is 123 cm³/mol. The number of hydrogen-bond acceptors (Lipinski definition) is 3. The van der Waals surface area contributed by atoms with Crippen LogP contribution in [0.15, 0.2) is 24.3 Å². The third kappa shape index (κ3) is 4.82. The molecule has 1 aromatic rings. The summed E-state index contributed by atoms with van der Waals surface area (Å²) >= 11 is 0. The molecule has 0 heterocycles. The molecule has 31 heavy (non-hydrogen) atoms. The molecule has 4 bridgehead atoms. The second kappa shape index (κ2) is 8.93. The topological polar surface area (TPSA) is 61.4 Å². The SMILES string of the molecule is CC(C)C(NC(=O)C12CC3CC(CC(C3)C1)C2)C(=O)NCc1ccccc1CN(C)C. The minimum absolute atomic E-state index is 0.0508. The Bertz CT molecular complexity index is 781. The Balaban J connectivity index is 1.40. The Kier molecular flexibility index (Phi) is 6.43. The van der Waals surface area contributed by atoms with Gasteiger partial charge >= 0.3 is 0 Å².